The fourth-order valence-electron chi connectivity index (χ4n) is 2.41. The molecule has 1 atom stereocenters. The van der Waals surface area contributed by atoms with Crippen molar-refractivity contribution in [3.05, 3.63) is 0 Å². The number of ether oxygens (including phenoxy) is 1. The first-order chi connectivity index (χ1) is 9.78. The minimum absolute atomic E-state index is 0.177. The first-order valence-corrected chi connectivity index (χ1v) is 7.69. The second-order valence-electron chi connectivity index (χ2n) is 6.59. The van der Waals surface area contributed by atoms with Crippen LogP contribution in [0.15, 0.2) is 0 Å². The standard InChI is InChI=1S/C15H28N2O4/c1-15(2,3)21-14(20)16-9-8-13(19)17-10-12(18)11-6-4-5-7-11/h11-12,18H,4-10H2,1-3H3,(H,16,20)(H,17,19). The van der Waals surface area contributed by atoms with E-state index >= 15 is 0 Å². The first-order valence-electron chi connectivity index (χ1n) is 7.69. The molecule has 21 heavy (non-hydrogen) atoms. The van der Waals surface area contributed by atoms with Gasteiger partial charge in [-0.2, -0.15) is 0 Å². The van der Waals surface area contributed by atoms with Gasteiger partial charge in [0.25, 0.3) is 0 Å². The largest absolute Gasteiger partial charge is 0.444 e. The first kappa shape index (κ1) is 17.8. The Morgan fingerprint density at radius 3 is 2.43 bits per heavy atom. The average Bonchev–Trinajstić information content (AvgIpc) is 2.87. The number of aliphatic hydroxyl groups excluding tert-OH is 1. The summed E-state index contributed by atoms with van der Waals surface area (Å²) in [7, 11) is 0. The predicted molar refractivity (Wildman–Crippen MR) is 79.8 cm³/mol. The quantitative estimate of drug-likeness (QED) is 0.695. The van der Waals surface area contributed by atoms with Crippen molar-refractivity contribution in [3.8, 4) is 0 Å². The molecule has 6 nitrogen and oxygen atoms in total. The van der Waals surface area contributed by atoms with E-state index < -0.39 is 17.8 Å². The van der Waals surface area contributed by atoms with E-state index in [0.29, 0.717) is 5.92 Å². The van der Waals surface area contributed by atoms with Gasteiger partial charge in [0.05, 0.1) is 6.10 Å². The molecule has 0 heterocycles. The molecule has 2 amide bonds. The molecule has 1 unspecified atom stereocenters. The van der Waals surface area contributed by atoms with Crippen LogP contribution in [0.4, 0.5) is 4.79 Å². The summed E-state index contributed by atoms with van der Waals surface area (Å²) in [5.74, 6) is 0.133. The maximum atomic E-state index is 11.6. The third kappa shape index (κ3) is 7.90. The normalized spacial score (nSPS) is 17.3. The van der Waals surface area contributed by atoms with Crippen LogP contribution in [0.2, 0.25) is 0 Å². The SMILES string of the molecule is CC(C)(C)OC(=O)NCCC(=O)NCC(O)C1CCCC1. The van der Waals surface area contributed by atoms with Crippen molar-refractivity contribution < 1.29 is 19.4 Å². The fourth-order valence-corrected chi connectivity index (χ4v) is 2.41. The summed E-state index contributed by atoms with van der Waals surface area (Å²) in [5, 5.41) is 15.2. The van der Waals surface area contributed by atoms with Crippen molar-refractivity contribution in [2.75, 3.05) is 13.1 Å². The van der Waals surface area contributed by atoms with Crippen LogP contribution in [0.1, 0.15) is 52.9 Å². The van der Waals surface area contributed by atoms with Crippen LogP contribution < -0.4 is 10.6 Å². The number of aliphatic hydroxyl groups is 1. The number of carbonyl (C=O) groups excluding carboxylic acids is 2. The fraction of sp³-hybridized carbons (Fsp3) is 0.867. The Kier molecular flexibility index (Phi) is 6.95. The molecule has 1 fully saturated rings. The summed E-state index contributed by atoms with van der Waals surface area (Å²) in [4.78, 5) is 23.0. The summed E-state index contributed by atoms with van der Waals surface area (Å²) in [6.07, 6.45) is 3.59. The summed E-state index contributed by atoms with van der Waals surface area (Å²) >= 11 is 0. The van der Waals surface area contributed by atoms with E-state index in [-0.39, 0.29) is 25.4 Å². The van der Waals surface area contributed by atoms with Gasteiger partial charge in [-0.3, -0.25) is 4.79 Å². The third-order valence-electron chi connectivity index (χ3n) is 3.47. The average molecular weight is 300 g/mol. The Morgan fingerprint density at radius 1 is 1.24 bits per heavy atom. The van der Waals surface area contributed by atoms with Gasteiger partial charge < -0.3 is 20.5 Å². The van der Waals surface area contributed by atoms with E-state index in [0.717, 1.165) is 25.7 Å². The van der Waals surface area contributed by atoms with Crippen LogP contribution in [0.25, 0.3) is 0 Å². The zero-order valence-corrected chi connectivity index (χ0v) is 13.3. The lowest BCUT2D eigenvalue weighted by atomic mass is 10.0. The van der Waals surface area contributed by atoms with E-state index in [4.69, 9.17) is 4.74 Å². The minimum atomic E-state index is -0.544. The van der Waals surface area contributed by atoms with Crippen molar-refractivity contribution in [2.24, 2.45) is 5.92 Å². The molecule has 122 valence electrons. The topological polar surface area (TPSA) is 87.7 Å². The number of hydrogen-bond donors (Lipinski definition) is 3. The molecule has 1 aliphatic carbocycles. The van der Waals surface area contributed by atoms with Crippen molar-refractivity contribution in [3.63, 3.8) is 0 Å². The lowest BCUT2D eigenvalue weighted by Gasteiger charge is -2.20. The highest BCUT2D eigenvalue weighted by Crippen LogP contribution is 2.27. The van der Waals surface area contributed by atoms with Crippen LogP contribution in [-0.4, -0.2) is 41.9 Å². The summed E-state index contributed by atoms with van der Waals surface area (Å²) in [6, 6.07) is 0. The molecular formula is C15H28N2O4. The lowest BCUT2D eigenvalue weighted by molar-refractivity contribution is -0.121. The molecule has 0 aromatic carbocycles. The zero-order chi connectivity index (χ0) is 15.9. The van der Waals surface area contributed by atoms with Gasteiger partial charge in [0.15, 0.2) is 0 Å². The predicted octanol–water partition coefficient (Wildman–Crippen LogP) is 1.57. The lowest BCUT2D eigenvalue weighted by Crippen LogP contribution is -2.38. The van der Waals surface area contributed by atoms with E-state index in [2.05, 4.69) is 10.6 Å². The van der Waals surface area contributed by atoms with Gasteiger partial charge in [-0.1, -0.05) is 12.8 Å². The number of nitrogens with one attached hydrogen (secondary N) is 2. The van der Waals surface area contributed by atoms with Crippen LogP contribution in [0.5, 0.6) is 0 Å². The molecule has 1 rings (SSSR count). The molecular weight excluding hydrogens is 272 g/mol. The Morgan fingerprint density at radius 2 is 1.86 bits per heavy atom. The van der Waals surface area contributed by atoms with Crippen molar-refractivity contribution in [2.45, 2.75) is 64.6 Å². The number of alkyl carbamates (subject to hydrolysis) is 1. The van der Waals surface area contributed by atoms with Crippen LogP contribution in [-0.2, 0) is 9.53 Å². The molecule has 0 bridgehead atoms. The number of amides is 2. The highest BCUT2D eigenvalue weighted by atomic mass is 16.6. The maximum absolute atomic E-state index is 11.6. The van der Waals surface area contributed by atoms with E-state index in [1.54, 1.807) is 20.8 Å². The molecule has 0 aliphatic heterocycles. The molecule has 0 spiro atoms. The molecule has 6 heteroatoms. The minimum Gasteiger partial charge on any atom is -0.444 e. The third-order valence-corrected chi connectivity index (χ3v) is 3.47. The van der Waals surface area contributed by atoms with E-state index in [1.165, 1.54) is 0 Å². The highest BCUT2D eigenvalue weighted by molar-refractivity contribution is 5.77. The molecule has 0 saturated heterocycles. The van der Waals surface area contributed by atoms with E-state index in [1.807, 2.05) is 0 Å². The molecule has 1 aliphatic rings. The van der Waals surface area contributed by atoms with Crippen LogP contribution >= 0.6 is 0 Å². The van der Waals surface area contributed by atoms with Gasteiger partial charge in [0.1, 0.15) is 5.60 Å². The monoisotopic (exact) mass is 300 g/mol. The second-order valence-corrected chi connectivity index (χ2v) is 6.59. The molecule has 0 aromatic heterocycles. The highest BCUT2D eigenvalue weighted by Gasteiger charge is 2.23. The van der Waals surface area contributed by atoms with Gasteiger partial charge >= 0.3 is 6.09 Å². The molecule has 1 saturated carbocycles. The summed E-state index contributed by atoms with van der Waals surface area (Å²) in [5.41, 5.74) is -0.544. The van der Waals surface area contributed by atoms with Crippen LogP contribution in [0, 0.1) is 5.92 Å². The van der Waals surface area contributed by atoms with Gasteiger partial charge in [-0.05, 0) is 39.5 Å². The summed E-state index contributed by atoms with van der Waals surface area (Å²) in [6.45, 7) is 5.85. The van der Waals surface area contributed by atoms with Gasteiger partial charge in [-0.25, -0.2) is 4.79 Å². The second kappa shape index (κ2) is 8.22. The smallest absolute Gasteiger partial charge is 0.407 e. The number of rotatable bonds is 6. The maximum Gasteiger partial charge on any atom is 0.407 e. The summed E-state index contributed by atoms with van der Waals surface area (Å²) < 4.78 is 5.06. The zero-order valence-electron chi connectivity index (χ0n) is 13.3. The Balaban J connectivity index is 2.09. The Hall–Kier alpha value is -1.30. The molecule has 0 radical (unpaired) electrons. The number of carbonyl (C=O) groups is 2. The van der Waals surface area contributed by atoms with Gasteiger partial charge in [-0.15, -0.1) is 0 Å². The van der Waals surface area contributed by atoms with Crippen molar-refractivity contribution in [1.29, 1.82) is 0 Å². The van der Waals surface area contributed by atoms with Crippen molar-refractivity contribution >= 4 is 12.0 Å². The molecule has 0 aromatic rings. The van der Waals surface area contributed by atoms with E-state index in [9.17, 15) is 14.7 Å². The van der Waals surface area contributed by atoms with Crippen molar-refractivity contribution in [1.82, 2.24) is 10.6 Å². The Labute approximate surface area is 126 Å². The number of hydrogen-bond acceptors (Lipinski definition) is 4. The van der Waals surface area contributed by atoms with Gasteiger partial charge in [0.2, 0.25) is 5.91 Å². The van der Waals surface area contributed by atoms with Crippen LogP contribution in [0.3, 0.4) is 0 Å². The van der Waals surface area contributed by atoms with Gasteiger partial charge in [0, 0.05) is 19.5 Å². The molecule has 3 N–H and O–H groups in total. The Bertz CT molecular complexity index is 346.